The van der Waals surface area contributed by atoms with E-state index in [1.54, 1.807) is 11.3 Å². The molecule has 5 heteroatoms. The Balaban J connectivity index is 1.48. The quantitative estimate of drug-likeness (QED) is 0.658. The van der Waals surface area contributed by atoms with Gasteiger partial charge in [-0.3, -0.25) is 14.5 Å². The lowest BCUT2D eigenvalue weighted by Gasteiger charge is -2.26. The molecule has 0 saturated carbocycles. The molecule has 1 fully saturated rings. The number of nitrogens with zero attached hydrogens (tertiary/aromatic N) is 1. The van der Waals surface area contributed by atoms with E-state index >= 15 is 0 Å². The Hall–Kier alpha value is -1.98. The van der Waals surface area contributed by atoms with Crippen molar-refractivity contribution >= 4 is 23.0 Å². The molecule has 1 saturated heterocycles. The van der Waals surface area contributed by atoms with Crippen molar-refractivity contribution < 1.29 is 9.59 Å². The van der Waals surface area contributed by atoms with Gasteiger partial charge < -0.3 is 5.32 Å². The van der Waals surface area contributed by atoms with Crippen LogP contribution < -0.4 is 5.32 Å². The van der Waals surface area contributed by atoms with Crippen LogP contribution in [0.2, 0.25) is 0 Å². The number of carbonyl (C=O) groups excluding carboxylic acids is 2. The molecule has 27 heavy (non-hydrogen) atoms. The molecule has 0 radical (unpaired) electrons. The van der Waals surface area contributed by atoms with Crippen molar-refractivity contribution in [1.29, 1.82) is 0 Å². The zero-order valence-corrected chi connectivity index (χ0v) is 16.8. The number of hydrogen-bond donors (Lipinski definition) is 1. The third kappa shape index (κ3) is 5.50. The van der Waals surface area contributed by atoms with Crippen molar-refractivity contribution in [2.75, 3.05) is 19.6 Å². The lowest BCUT2D eigenvalue weighted by atomic mass is 10.0. The Morgan fingerprint density at radius 1 is 1.11 bits per heavy atom. The number of rotatable bonds is 9. The second kappa shape index (κ2) is 9.81. The number of likely N-dealkylation sites (tertiary alicyclic amines) is 1. The molecule has 1 N–H and O–H groups in total. The number of carbonyl (C=O) groups is 2. The average Bonchev–Trinajstić information content (AvgIpc) is 3.41. The monoisotopic (exact) mass is 384 g/mol. The van der Waals surface area contributed by atoms with Gasteiger partial charge in [0, 0.05) is 29.8 Å². The third-order valence-electron chi connectivity index (χ3n) is 5.21. The van der Waals surface area contributed by atoms with Crippen LogP contribution in [0.5, 0.6) is 0 Å². The topological polar surface area (TPSA) is 49.4 Å². The number of ketones is 1. The fraction of sp³-hybridized carbons (Fsp3) is 0.455. The summed E-state index contributed by atoms with van der Waals surface area (Å²) in [5, 5.41) is 5.13. The van der Waals surface area contributed by atoms with E-state index in [0.29, 0.717) is 12.1 Å². The lowest BCUT2D eigenvalue weighted by Crippen LogP contribution is -2.36. The number of amides is 1. The van der Waals surface area contributed by atoms with Gasteiger partial charge in [-0.05, 0) is 49.4 Å². The van der Waals surface area contributed by atoms with Gasteiger partial charge in [0.05, 0.1) is 6.04 Å². The molecule has 1 aliphatic rings. The number of aryl methyl sites for hydroxylation is 1. The molecule has 144 valence electrons. The van der Waals surface area contributed by atoms with Gasteiger partial charge >= 0.3 is 0 Å². The van der Waals surface area contributed by atoms with Crippen molar-refractivity contribution in [3.63, 3.8) is 0 Å². The van der Waals surface area contributed by atoms with Gasteiger partial charge in [-0.1, -0.05) is 37.3 Å². The molecule has 0 bridgehead atoms. The van der Waals surface area contributed by atoms with Crippen LogP contribution in [0.3, 0.4) is 0 Å². The zero-order chi connectivity index (χ0) is 19.1. The molecule has 2 aromatic rings. The van der Waals surface area contributed by atoms with E-state index in [4.69, 9.17) is 0 Å². The minimum absolute atomic E-state index is 0.0298. The van der Waals surface area contributed by atoms with Gasteiger partial charge in [0.15, 0.2) is 5.78 Å². The summed E-state index contributed by atoms with van der Waals surface area (Å²) in [6.45, 7) is 4.88. The normalized spacial score (nSPS) is 15.6. The number of benzene rings is 1. The zero-order valence-electron chi connectivity index (χ0n) is 15.9. The van der Waals surface area contributed by atoms with E-state index in [-0.39, 0.29) is 30.6 Å². The summed E-state index contributed by atoms with van der Waals surface area (Å²) in [6, 6.07) is 12.1. The van der Waals surface area contributed by atoms with Crippen molar-refractivity contribution in [3.8, 4) is 0 Å². The highest BCUT2D eigenvalue weighted by molar-refractivity contribution is 7.10. The van der Waals surface area contributed by atoms with Gasteiger partial charge in [0.25, 0.3) is 0 Å². The summed E-state index contributed by atoms with van der Waals surface area (Å²) in [7, 11) is 0. The molecule has 1 aromatic heterocycles. The SMILES string of the molecule is CCc1ccc(C(=O)CCC(=O)NCC(c2cccs2)N2CCCC2)cc1. The number of thiophene rings is 1. The molecule has 1 atom stereocenters. The molecule has 4 nitrogen and oxygen atoms in total. The third-order valence-corrected chi connectivity index (χ3v) is 6.18. The van der Waals surface area contributed by atoms with Crippen LogP contribution >= 0.6 is 11.3 Å². The minimum atomic E-state index is -0.0470. The maximum absolute atomic E-state index is 12.3. The van der Waals surface area contributed by atoms with Crippen molar-refractivity contribution in [2.45, 2.75) is 45.1 Å². The van der Waals surface area contributed by atoms with Crippen LogP contribution in [0, 0.1) is 0 Å². The first-order valence-electron chi connectivity index (χ1n) is 9.83. The Bertz CT molecular complexity index is 734. The average molecular weight is 385 g/mol. The summed E-state index contributed by atoms with van der Waals surface area (Å²) < 4.78 is 0. The van der Waals surface area contributed by atoms with Crippen LogP contribution in [0.1, 0.15) is 59.4 Å². The Labute approximate surface area is 165 Å². The maximum atomic E-state index is 12.3. The standard InChI is InChI=1S/C22H28N2O2S/c1-2-17-7-9-18(10-8-17)20(25)11-12-22(26)23-16-19(21-6-5-15-27-21)24-13-3-4-14-24/h5-10,15,19H,2-4,11-14,16H2,1H3,(H,23,26). The number of hydrogen-bond acceptors (Lipinski definition) is 4. The minimum Gasteiger partial charge on any atom is -0.354 e. The highest BCUT2D eigenvalue weighted by Crippen LogP contribution is 2.27. The molecule has 1 unspecified atom stereocenters. The van der Waals surface area contributed by atoms with Crippen LogP contribution in [0.4, 0.5) is 0 Å². The fourth-order valence-corrected chi connectivity index (χ4v) is 4.40. The molecular formula is C22H28N2O2S. The highest BCUT2D eigenvalue weighted by atomic mass is 32.1. The molecule has 1 aliphatic heterocycles. The summed E-state index contributed by atoms with van der Waals surface area (Å²) >= 11 is 1.74. The van der Waals surface area contributed by atoms with Gasteiger partial charge in [-0.15, -0.1) is 11.3 Å². The van der Waals surface area contributed by atoms with Gasteiger partial charge in [0.2, 0.25) is 5.91 Å². The first-order chi connectivity index (χ1) is 13.2. The second-order valence-electron chi connectivity index (χ2n) is 7.05. The molecule has 3 rings (SSSR count). The van der Waals surface area contributed by atoms with Crippen LogP contribution in [-0.2, 0) is 11.2 Å². The molecule has 1 amide bonds. The van der Waals surface area contributed by atoms with E-state index in [0.717, 1.165) is 19.5 Å². The van der Waals surface area contributed by atoms with Crippen LogP contribution in [0.15, 0.2) is 41.8 Å². The fourth-order valence-electron chi connectivity index (χ4n) is 3.54. The van der Waals surface area contributed by atoms with Crippen LogP contribution in [0.25, 0.3) is 0 Å². The van der Waals surface area contributed by atoms with Crippen molar-refractivity contribution in [1.82, 2.24) is 10.2 Å². The predicted molar refractivity (Wildman–Crippen MR) is 110 cm³/mol. The Kier molecular flexibility index (Phi) is 7.18. The van der Waals surface area contributed by atoms with Gasteiger partial charge in [-0.2, -0.15) is 0 Å². The maximum Gasteiger partial charge on any atom is 0.220 e. The Morgan fingerprint density at radius 2 is 1.85 bits per heavy atom. The van der Waals surface area contributed by atoms with E-state index in [1.165, 1.54) is 23.3 Å². The van der Waals surface area contributed by atoms with Crippen molar-refractivity contribution in [2.24, 2.45) is 0 Å². The van der Waals surface area contributed by atoms with Crippen LogP contribution in [-0.4, -0.2) is 36.2 Å². The molecule has 1 aromatic carbocycles. The van der Waals surface area contributed by atoms with Gasteiger partial charge in [0.1, 0.15) is 0 Å². The summed E-state index contributed by atoms with van der Waals surface area (Å²) in [6.07, 6.45) is 3.90. The molecule has 2 heterocycles. The van der Waals surface area contributed by atoms with Gasteiger partial charge in [-0.25, -0.2) is 0 Å². The molecule has 0 aliphatic carbocycles. The second-order valence-corrected chi connectivity index (χ2v) is 8.03. The summed E-state index contributed by atoms with van der Waals surface area (Å²) in [4.78, 5) is 28.3. The number of nitrogens with one attached hydrogen (secondary N) is 1. The lowest BCUT2D eigenvalue weighted by molar-refractivity contribution is -0.121. The Morgan fingerprint density at radius 3 is 2.48 bits per heavy atom. The number of Topliss-reactive ketones (excluding diaryl/α,β-unsaturated/α-hetero) is 1. The molecular weight excluding hydrogens is 356 g/mol. The van der Waals surface area contributed by atoms with E-state index in [1.807, 2.05) is 24.3 Å². The summed E-state index contributed by atoms with van der Waals surface area (Å²) in [5.74, 6) is -0.0172. The predicted octanol–water partition coefficient (Wildman–Crippen LogP) is 4.23. The van der Waals surface area contributed by atoms with E-state index in [2.05, 4.69) is 34.7 Å². The highest BCUT2D eigenvalue weighted by Gasteiger charge is 2.24. The first kappa shape index (κ1) is 19.8. The van der Waals surface area contributed by atoms with Crippen molar-refractivity contribution in [3.05, 3.63) is 57.8 Å². The largest absolute Gasteiger partial charge is 0.354 e. The smallest absolute Gasteiger partial charge is 0.220 e. The van der Waals surface area contributed by atoms with E-state index < -0.39 is 0 Å². The molecule has 0 spiro atoms. The van der Waals surface area contributed by atoms with E-state index in [9.17, 15) is 9.59 Å². The first-order valence-corrected chi connectivity index (χ1v) is 10.7. The summed E-state index contributed by atoms with van der Waals surface area (Å²) in [5.41, 5.74) is 1.90.